The van der Waals surface area contributed by atoms with Gasteiger partial charge in [0, 0.05) is 28.9 Å². The Hall–Kier alpha value is -2.57. The van der Waals surface area contributed by atoms with Crippen LogP contribution >= 0.6 is 0 Å². The molecule has 1 fully saturated rings. The average Bonchev–Trinajstić information content (AvgIpc) is 3.08. The van der Waals surface area contributed by atoms with Gasteiger partial charge in [0.2, 0.25) is 6.29 Å². The van der Waals surface area contributed by atoms with Gasteiger partial charge in [0.1, 0.15) is 11.5 Å². The first-order chi connectivity index (χ1) is 12.5. The summed E-state index contributed by atoms with van der Waals surface area (Å²) in [5.74, 6) is 0.627. The van der Waals surface area contributed by atoms with E-state index >= 15 is 0 Å². The number of hydrogen-bond acceptors (Lipinski definition) is 5. The summed E-state index contributed by atoms with van der Waals surface area (Å²) in [6.45, 7) is 5.25. The topological polar surface area (TPSA) is 57.4 Å². The van der Waals surface area contributed by atoms with Gasteiger partial charge in [0.05, 0.1) is 13.2 Å². The molecule has 0 saturated carbocycles. The predicted octanol–water partition coefficient (Wildman–Crippen LogP) is 4.61. The van der Waals surface area contributed by atoms with E-state index in [4.69, 9.17) is 13.9 Å². The standard InChI is InChI=1S/C20H19FN2O3/c1-20(2)11-24-19(25-12-20)18-23-16(13-3-5-15(21)6-4-13)17(26-18)14-7-9-22-10-8-14/h3-10,19H,11-12H2,1-2H3. The second kappa shape index (κ2) is 6.63. The van der Waals surface area contributed by atoms with Crippen molar-refractivity contribution in [2.75, 3.05) is 13.2 Å². The minimum atomic E-state index is -0.655. The summed E-state index contributed by atoms with van der Waals surface area (Å²) in [6.07, 6.45) is 2.71. The fraction of sp³-hybridized carbons (Fsp3) is 0.300. The molecule has 3 aromatic rings. The molecule has 26 heavy (non-hydrogen) atoms. The van der Waals surface area contributed by atoms with Crippen LogP contribution in [0.4, 0.5) is 4.39 Å². The highest BCUT2D eigenvalue weighted by molar-refractivity contribution is 5.76. The lowest BCUT2D eigenvalue weighted by atomic mass is 9.96. The molecule has 5 nitrogen and oxygen atoms in total. The fourth-order valence-corrected chi connectivity index (χ4v) is 2.77. The minimum Gasteiger partial charge on any atom is -0.435 e. The minimum absolute atomic E-state index is 0.0448. The molecule has 0 radical (unpaired) electrons. The molecular formula is C20H19FN2O3. The van der Waals surface area contributed by atoms with Gasteiger partial charge in [-0.05, 0) is 36.4 Å². The second-order valence-electron chi connectivity index (χ2n) is 7.09. The van der Waals surface area contributed by atoms with E-state index in [0.29, 0.717) is 30.6 Å². The summed E-state index contributed by atoms with van der Waals surface area (Å²) < 4.78 is 30.9. The van der Waals surface area contributed by atoms with E-state index < -0.39 is 6.29 Å². The van der Waals surface area contributed by atoms with E-state index in [1.54, 1.807) is 24.5 Å². The van der Waals surface area contributed by atoms with Gasteiger partial charge < -0.3 is 13.9 Å². The maximum Gasteiger partial charge on any atom is 0.253 e. The van der Waals surface area contributed by atoms with Gasteiger partial charge in [-0.25, -0.2) is 9.37 Å². The van der Waals surface area contributed by atoms with Crippen molar-refractivity contribution in [2.24, 2.45) is 5.41 Å². The van der Waals surface area contributed by atoms with Crippen LogP contribution in [-0.4, -0.2) is 23.2 Å². The molecule has 0 aliphatic carbocycles. The third-order valence-electron chi connectivity index (χ3n) is 4.16. The normalized spacial score (nSPS) is 17.3. The molecule has 1 saturated heterocycles. The average molecular weight is 354 g/mol. The lowest BCUT2D eigenvalue weighted by Crippen LogP contribution is -2.33. The van der Waals surface area contributed by atoms with Crippen LogP contribution in [0.1, 0.15) is 26.0 Å². The van der Waals surface area contributed by atoms with Gasteiger partial charge in [-0.2, -0.15) is 0 Å². The molecule has 0 unspecified atom stereocenters. The molecule has 4 rings (SSSR count). The first-order valence-corrected chi connectivity index (χ1v) is 8.42. The number of pyridine rings is 1. The summed E-state index contributed by atoms with van der Waals surface area (Å²) in [4.78, 5) is 8.63. The Labute approximate surface area is 150 Å². The Morgan fingerprint density at radius 3 is 2.27 bits per heavy atom. The van der Waals surface area contributed by atoms with Gasteiger partial charge in [0.15, 0.2) is 5.76 Å². The molecule has 2 aromatic heterocycles. The number of aromatic nitrogens is 2. The van der Waals surface area contributed by atoms with E-state index in [9.17, 15) is 4.39 Å². The van der Waals surface area contributed by atoms with Crippen molar-refractivity contribution < 1.29 is 18.3 Å². The fourth-order valence-electron chi connectivity index (χ4n) is 2.77. The number of rotatable bonds is 3. The van der Waals surface area contributed by atoms with Crippen molar-refractivity contribution >= 4 is 0 Å². The maximum atomic E-state index is 13.3. The summed E-state index contributed by atoms with van der Waals surface area (Å²) in [5, 5.41) is 0. The van der Waals surface area contributed by atoms with Crippen LogP contribution in [0.2, 0.25) is 0 Å². The molecule has 1 aliphatic heterocycles. The Kier molecular flexibility index (Phi) is 4.30. The lowest BCUT2D eigenvalue weighted by Gasteiger charge is -2.33. The van der Waals surface area contributed by atoms with E-state index in [0.717, 1.165) is 11.1 Å². The van der Waals surface area contributed by atoms with Crippen molar-refractivity contribution in [3.63, 3.8) is 0 Å². The van der Waals surface area contributed by atoms with Crippen molar-refractivity contribution in [2.45, 2.75) is 20.1 Å². The van der Waals surface area contributed by atoms with Crippen molar-refractivity contribution in [1.29, 1.82) is 0 Å². The zero-order valence-corrected chi connectivity index (χ0v) is 14.6. The smallest absolute Gasteiger partial charge is 0.253 e. The number of hydrogen-bond donors (Lipinski definition) is 0. The molecule has 0 atom stereocenters. The number of nitrogens with zero attached hydrogens (tertiary/aromatic N) is 2. The van der Waals surface area contributed by atoms with Gasteiger partial charge in [-0.3, -0.25) is 4.98 Å². The predicted molar refractivity (Wildman–Crippen MR) is 93.6 cm³/mol. The van der Waals surface area contributed by atoms with E-state index in [1.807, 2.05) is 12.1 Å². The summed E-state index contributed by atoms with van der Waals surface area (Å²) >= 11 is 0. The molecule has 0 N–H and O–H groups in total. The van der Waals surface area contributed by atoms with Crippen molar-refractivity contribution in [3.8, 4) is 22.6 Å². The zero-order valence-electron chi connectivity index (χ0n) is 14.6. The van der Waals surface area contributed by atoms with Gasteiger partial charge in [0.25, 0.3) is 5.89 Å². The molecular weight excluding hydrogens is 335 g/mol. The van der Waals surface area contributed by atoms with Gasteiger partial charge in [-0.15, -0.1) is 0 Å². The highest BCUT2D eigenvalue weighted by Crippen LogP contribution is 2.37. The molecule has 134 valence electrons. The van der Waals surface area contributed by atoms with Crippen LogP contribution in [-0.2, 0) is 9.47 Å². The lowest BCUT2D eigenvalue weighted by molar-refractivity contribution is -0.235. The van der Waals surface area contributed by atoms with Crippen LogP contribution in [0.15, 0.2) is 53.2 Å². The van der Waals surface area contributed by atoms with Crippen LogP contribution in [0.25, 0.3) is 22.6 Å². The van der Waals surface area contributed by atoms with Crippen LogP contribution in [0.5, 0.6) is 0 Å². The number of benzene rings is 1. The van der Waals surface area contributed by atoms with Crippen LogP contribution in [0.3, 0.4) is 0 Å². The van der Waals surface area contributed by atoms with Gasteiger partial charge >= 0.3 is 0 Å². The Bertz CT molecular complexity index is 881. The highest BCUT2D eigenvalue weighted by atomic mass is 19.1. The molecule has 3 heterocycles. The SMILES string of the molecule is CC1(C)COC(c2nc(-c3ccc(F)cc3)c(-c3ccncc3)o2)OC1. The highest BCUT2D eigenvalue weighted by Gasteiger charge is 2.33. The Balaban J connectivity index is 1.74. The Morgan fingerprint density at radius 1 is 0.962 bits per heavy atom. The van der Waals surface area contributed by atoms with E-state index in [2.05, 4.69) is 23.8 Å². The summed E-state index contributed by atoms with van der Waals surface area (Å²) in [5.41, 5.74) is 2.15. The van der Waals surface area contributed by atoms with E-state index in [-0.39, 0.29) is 11.2 Å². The first-order valence-electron chi connectivity index (χ1n) is 8.42. The third kappa shape index (κ3) is 3.38. The molecule has 0 spiro atoms. The van der Waals surface area contributed by atoms with Crippen molar-refractivity contribution in [3.05, 3.63) is 60.5 Å². The summed E-state index contributed by atoms with van der Waals surface area (Å²) in [7, 11) is 0. The van der Waals surface area contributed by atoms with Gasteiger partial charge in [-0.1, -0.05) is 13.8 Å². The largest absolute Gasteiger partial charge is 0.435 e. The zero-order chi connectivity index (χ0) is 18.1. The second-order valence-corrected chi connectivity index (χ2v) is 7.09. The van der Waals surface area contributed by atoms with Crippen LogP contribution < -0.4 is 0 Å². The first kappa shape index (κ1) is 16.9. The molecule has 0 amide bonds. The Morgan fingerprint density at radius 2 is 1.62 bits per heavy atom. The number of ether oxygens (including phenoxy) is 2. The molecule has 1 aliphatic rings. The quantitative estimate of drug-likeness (QED) is 0.687. The molecule has 6 heteroatoms. The summed E-state index contributed by atoms with van der Waals surface area (Å²) in [6, 6.07) is 9.82. The number of oxazole rings is 1. The molecule has 0 bridgehead atoms. The monoisotopic (exact) mass is 354 g/mol. The maximum absolute atomic E-state index is 13.3. The van der Waals surface area contributed by atoms with Crippen LogP contribution in [0, 0.1) is 11.2 Å². The van der Waals surface area contributed by atoms with Crippen molar-refractivity contribution in [1.82, 2.24) is 9.97 Å². The van der Waals surface area contributed by atoms with E-state index in [1.165, 1.54) is 12.1 Å². The molecule has 1 aromatic carbocycles. The third-order valence-corrected chi connectivity index (χ3v) is 4.16. The number of halogens is 1.